The fourth-order valence-electron chi connectivity index (χ4n) is 3.52. The molecule has 0 spiro atoms. The van der Waals surface area contributed by atoms with Crippen LogP contribution in [0.1, 0.15) is 12.8 Å². The summed E-state index contributed by atoms with van der Waals surface area (Å²) in [7, 11) is 2.10. The molecule has 0 bridgehead atoms. The number of aromatic nitrogens is 3. The number of nitrogens with zero attached hydrogens (tertiary/aromatic N) is 5. The second-order valence-corrected chi connectivity index (χ2v) is 6.67. The molecule has 25 heavy (non-hydrogen) atoms. The second-order valence-electron chi connectivity index (χ2n) is 6.67. The van der Waals surface area contributed by atoms with E-state index in [9.17, 15) is 4.39 Å². The lowest BCUT2D eigenvalue weighted by atomic mass is 10.2. The minimum Gasteiger partial charge on any atom is -0.462 e. The molecule has 2 aromatic rings. The van der Waals surface area contributed by atoms with Gasteiger partial charge in [0.05, 0.1) is 11.6 Å². The Kier molecular flexibility index (Phi) is 4.63. The third-order valence-corrected chi connectivity index (χ3v) is 5.02. The molecule has 0 aromatic carbocycles. The number of ether oxygens (including phenoxy) is 1. The molecular weight excluding hydrogens is 323 g/mol. The average molecular weight is 346 g/mol. The molecule has 134 valence electrons. The van der Waals surface area contributed by atoms with E-state index in [-0.39, 0.29) is 11.5 Å². The van der Waals surface area contributed by atoms with Crippen molar-refractivity contribution in [1.29, 1.82) is 0 Å². The van der Waals surface area contributed by atoms with Gasteiger partial charge in [0.2, 0.25) is 0 Å². The molecule has 2 saturated heterocycles. The van der Waals surface area contributed by atoms with E-state index in [0.717, 1.165) is 39.1 Å². The largest absolute Gasteiger partial charge is 0.462 e. The molecule has 0 radical (unpaired) electrons. The number of pyridine rings is 1. The number of hydrogen-bond acceptors (Lipinski definition) is 7. The third-order valence-electron chi connectivity index (χ3n) is 5.02. The highest BCUT2D eigenvalue weighted by Crippen LogP contribution is 2.27. The predicted octanol–water partition coefficient (Wildman–Crippen LogP) is 1.05. The molecule has 4 heterocycles. The summed E-state index contributed by atoms with van der Waals surface area (Å²) >= 11 is 0. The van der Waals surface area contributed by atoms with Gasteiger partial charge in [-0.15, -0.1) is 0 Å². The van der Waals surface area contributed by atoms with Crippen LogP contribution >= 0.6 is 0 Å². The molecule has 4 rings (SSSR count). The summed E-state index contributed by atoms with van der Waals surface area (Å²) in [6, 6.07) is 0.607. The van der Waals surface area contributed by atoms with Crippen molar-refractivity contribution in [3.63, 3.8) is 0 Å². The number of nitrogens with one attached hydrogen (secondary N) is 1. The van der Waals surface area contributed by atoms with Crippen molar-refractivity contribution in [2.75, 3.05) is 51.3 Å². The number of halogens is 1. The summed E-state index contributed by atoms with van der Waals surface area (Å²) in [5.74, 6) is 0.257. The molecule has 0 amide bonds. The number of likely N-dealkylation sites (tertiary alicyclic amines) is 1. The summed E-state index contributed by atoms with van der Waals surface area (Å²) in [5.41, 5.74) is 0.272. The lowest BCUT2D eigenvalue weighted by Gasteiger charge is -2.29. The van der Waals surface area contributed by atoms with E-state index in [1.165, 1.54) is 12.6 Å². The van der Waals surface area contributed by atoms with E-state index in [2.05, 4.69) is 37.1 Å². The molecule has 1 atom stereocenters. The molecule has 1 N–H and O–H groups in total. The number of likely N-dealkylation sites (N-methyl/N-ethyl adjacent to an activating group) is 1. The van der Waals surface area contributed by atoms with Crippen molar-refractivity contribution < 1.29 is 9.13 Å². The van der Waals surface area contributed by atoms with E-state index >= 15 is 0 Å². The van der Waals surface area contributed by atoms with Gasteiger partial charge in [-0.3, -0.25) is 4.98 Å². The van der Waals surface area contributed by atoms with Gasteiger partial charge in [0.25, 0.3) is 0 Å². The molecule has 0 aliphatic carbocycles. The molecule has 7 nitrogen and oxygen atoms in total. The summed E-state index contributed by atoms with van der Waals surface area (Å²) < 4.78 is 20.1. The fraction of sp³-hybridized carbons (Fsp3) is 0.588. The standard InChI is InChI=1S/C17H23FN6O/c1-23-6-2-3-12(23)11-25-17-21-15-13(9-20-10-14(15)18)16(22-17)24-7-4-19-5-8-24/h9-10,12,19H,2-8,11H2,1H3. The van der Waals surface area contributed by atoms with Crippen LogP contribution in [0.4, 0.5) is 10.2 Å². The van der Waals surface area contributed by atoms with Crippen LogP contribution in [0.3, 0.4) is 0 Å². The smallest absolute Gasteiger partial charge is 0.319 e. The van der Waals surface area contributed by atoms with Gasteiger partial charge in [-0.05, 0) is 26.4 Å². The lowest BCUT2D eigenvalue weighted by Crippen LogP contribution is -2.44. The zero-order valence-electron chi connectivity index (χ0n) is 14.4. The minimum atomic E-state index is -0.445. The van der Waals surface area contributed by atoms with Crippen LogP contribution in [0.25, 0.3) is 10.9 Å². The van der Waals surface area contributed by atoms with Crippen molar-refractivity contribution in [2.24, 2.45) is 0 Å². The number of rotatable bonds is 4. The van der Waals surface area contributed by atoms with E-state index in [1.54, 1.807) is 6.20 Å². The monoisotopic (exact) mass is 346 g/mol. The zero-order chi connectivity index (χ0) is 17.2. The molecule has 2 aliphatic heterocycles. The normalized spacial score (nSPS) is 21.8. The minimum absolute atomic E-state index is 0.242. The van der Waals surface area contributed by atoms with Gasteiger partial charge in [0.15, 0.2) is 5.82 Å². The van der Waals surface area contributed by atoms with Crippen LogP contribution in [-0.2, 0) is 0 Å². The van der Waals surface area contributed by atoms with Crippen LogP contribution < -0.4 is 15.0 Å². The van der Waals surface area contributed by atoms with Gasteiger partial charge in [0, 0.05) is 38.4 Å². The highest BCUT2D eigenvalue weighted by atomic mass is 19.1. The lowest BCUT2D eigenvalue weighted by molar-refractivity contribution is 0.188. The molecule has 2 aromatic heterocycles. The maximum atomic E-state index is 14.3. The topological polar surface area (TPSA) is 66.4 Å². The summed E-state index contributed by atoms with van der Waals surface area (Å²) in [6.45, 7) is 4.98. The van der Waals surface area contributed by atoms with Crippen LogP contribution in [0.2, 0.25) is 0 Å². The predicted molar refractivity (Wildman–Crippen MR) is 93.5 cm³/mol. The van der Waals surface area contributed by atoms with Gasteiger partial charge in [-0.25, -0.2) is 4.39 Å². The molecule has 2 aliphatic rings. The first kappa shape index (κ1) is 16.4. The van der Waals surface area contributed by atoms with Gasteiger partial charge < -0.3 is 19.9 Å². The second kappa shape index (κ2) is 7.05. The number of fused-ring (bicyclic) bond motifs is 1. The summed E-state index contributed by atoms with van der Waals surface area (Å²) in [6.07, 6.45) is 5.10. The van der Waals surface area contributed by atoms with Gasteiger partial charge >= 0.3 is 6.01 Å². The molecular formula is C17H23FN6O. The maximum absolute atomic E-state index is 14.3. The van der Waals surface area contributed by atoms with Crippen molar-refractivity contribution in [1.82, 2.24) is 25.2 Å². The summed E-state index contributed by atoms with van der Waals surface area (Å²) in [5, 5.41) is 3.95. The zero-order valence-corrected chi connectivity index (χ0v) is 14.4. The van der Waals surface area contributed by atoms with Crippen LogP contribution in [-0.4, -0.2) is 72.3 Å². The van der Waals surface area contributed by atoms with Gasteiger partial charge in [-0.1, -0.05) is 0 Å². The first-order valence-electron chi connectivity index (χ1n) is 8.82. The first-order valence-corrected chi connectivity index (χ1v) is 8.82. The molecule has 0 saturated carbocycles. The van der Waals surface area contributed by atoms with Crippen molar-refractivity contribution in [3.8, 4) is 6.01 Å². The Morgan fingerprint density at radius 2 is 2.08 bits per heavy atom. The summed E-state index contributed by atoms with van der Waals surface area (Å²) in [4.78, 5) is 17.3. The van der Waals surface area contributed by atoms with Crippen LogP contribution in [0, 0.1) is 5.82 Å². The Morgan fingerprint density at radius 1 is 1.24 bits per heavy atom. The molecule has 2 fully saturated rings. The van der Waals surface area contributed by atoms with Crippen molar-refractivity contribution in [2.45, 2.75) is 18.9 Å². The van der Waals surface area contributed by atoms with E-state index < -0.39 is 5.82 Å². The van der Waals surface area contributed by atoms with Gasteiger partial charge in [0.1, 0.15) is 17.9 Å². The Balaban J connectivity index is 1.65. The van der Waals surface area contributed by atoms with Crippen LogP contribution in [0.5, 0.6) is 6.01 Å². The van der Waals surface area contributed by atoms with Gasteiger partial charge in [-0.2, -0.15) is 9.97 Å². The maximum Gasteiger partial charge on any atom is 0.319 e. The SMILES string of the molecule is CN1CCCC1COc1nc(N2CCNCC2)c2cncc(F)c2n1. The van der Waals surface area contributed by atoms with Crippen LogP contribution in [0.15, 0.2) is 12.4 Å². The van der Waals surface area contributed by atoms with Crippen molar-refractivity contribution >= 4 is 16.7 Å². The third kappa shape index (κ3) is 3.36. The quantitative estimate of drug-likeness (QED) is 0.887. The van der Waals surface area contributed by atoms with E-state index in [1.807, 2.05) is 0 Å². The first-order chi connectivity index (χ1) is 12.2. The van der Waals surface area contributed by atoms with E-state index in [4.69, 9.17) is 4.74 Å². The highest BCUT2D eigenvalue weighted by molar-refractivity contribution is 5.89. The Hall–Kier alpha value is -2.06. The number of anilines is 1. The average Bonchev–Trinajstić information content (AvgIpc) is 3.06. The Morgan fingerprint density at radius 3 is 2.84 bits per heavy atom. The molecule has 8 heteroatoms. The highest BCUT2D eigenvalue weighted by Gasteiger charge is 2.23. The Bertz CT molecular complexity index is 751. The Labute approximate surface area is 146 Å². The number of piperazine rings is 1. The van der Waals surface area contributed by atoms with Crippen molar-refractivity contribution in [3.05, 3.63) is 18.2 Å². The fourth-order valence-corrected chi connectivity index (χ4v) is 3.52. The molecule has 1 unspecified atom stereocenters. The van der Waals surface area contributed by atoms with E-state index in [0.29, 0.717) is 23.9 Å². The number of hydrogen-bond donors (Lipinski definition) is 1.